The summed E-state index contributed by atoms with van der Waals surface area (Å²) in [5.41, 5.74) is 1.15. The molecule has 0 unspecified atom stereocenters. The Hall–Kier alpha value is -2.69. The monoisotopic (exact) mass is 268 g/mol. The fourth-order valence-electron chi connectivity index (χ4n) is 2.36. The fraction of sp³-hybridized carbons (Fsp3) is 0.133. The van der Waals surface area contributed by atoms with Crippen LogP contribution in [0, 0.1) is 0 Å². The van der Waals surface area contributed by atoms with Crippen molar-refractivity contribution in [3.63, 3.8) is 0 Å². The molecule has 0 aliphatic carbocycles. The van der Waals surface area contributed by atoms with Crippen LogP contribution in [0.2, 0.25) is 0 Å². The number of H-pyrrole nitrogens is 1. The molecule has 2 aromatic rings. The van der Waals surface area contributed by atoms with Gasteiger partial charge >= 0.3 is 0 Å². The zero-order valence-corrected chi connectivity index (χ0v) is 10.6. The molecule has 100 valence electrons. The summed E-state index contributed by atoms with van der Waals surface area (Å²) in [5.74, 6) is -0.230. The number of fused-ring (bicyclic) bond motifs is 1. The van der Waals surface area contributed by atoms with E-state index < -0.39 is 0 Å². The van der Waals surface area contributed by atoms with Gasteiger partial charge in [-0.15, -0.1) is 0 Å². The van der Waals surface area contributed by atoms with Crippen LogP contribution in [0.4, 0.5) is 5.69 Å². The zero-order valence-electron chi connectivity index (χ0n) is 10.6. The minimum atomic E-state index is -0.322. The molecule has 0 fully saturated rings. The van der Waals surface area contributed by atoms with Crippen LogP contribution in [-0.4, -0.2) is 23.2 Å². The number of Topliss-reactive ketones (excluding diaryl/α,β-unsaturated/α-hetero) is 1. The second-order valence-corrected chi connectivity index (χ2v) is 4.59. The summed E-state index contributed by atoms with van der Waals surface area (Å²) in [7, 11) is 0. The Balaban J connectivity index is 2.04. The third-order valence-corrected chi connectivity index (χ3v) is 3.32. The van der Waals surface area contributed by atoms with Crippen molar-refractivity contribution in [1.29, 1.82) is 0 Å². The summed E-state index contributed by atoms with van der Waals surface area (Å²) in [6.45, 7) is 0.335. The summed E-state index contributed by atoms with van der Waals surface area (Å²) in [5, 5.41) is 0. The van der Waals surface area contributed by atoms with Crippen molar-refractivity contribution in [2.45, 2.75) is 6.42 Å². The van der Waals surface area contributed by atoms with Gasteiger partial charge in [0.15, 0.2) is 5.78 Å². The molecule has 0 radical (unpaired) electrons. The second-order valence-electron chi connectivity index (χ2n) is 4.59. The highest BCUT2D eigenvalue weighted by Crippen LogP contribution is 2.27. The Morgan fingerprint density at radius 3 is 2.75 bits per heavy atom. The van der Waals surface area contributed by atoms with Gasteiger partial charge in [-0.1, -0.05) is 12.1 Å². The Morgan fingerprint density at radius 2 is 1.95 bits per heavy atom. The van der Waals surface area contributed by atoms with Gasteiger partial charge in [-0.3, -0.25) is 14.4 Å². The maximum absolute atomic E-state index is 12.5. The summed E-state index contributed by atoms with van der Waals surface area (Å²) >= 11 is 0. The molecule has 0 spiro atoms. The van der Waals surface area contributed by atoms with Crippen molar-refractivity contribution in [3.8, 4) is 0 Å². The fourth-order valence-corrected chi connectivity index (χ4v) is 2.36. The van der Waals surface area contributed by atoms with Crippen LogP contribution < -0.4 is 10.5 Å². The Labute approximate surface area is 114 Å². The summed E-state index contributed by atoms with van der Waals surface area (Å²) in [6, 6.07) is 9.85. The van der Waals surface area contributed by atoms with Gasteiger partial charge in [0, 0.05) is 36.4 Å². The molecular formula is C15H12N2O3. The number of nitrogens with zero attached hydrogens (tertiary/aromatic N) is 1. The van der Waals surface area contributed by atoms with Gasteiger partial charge in [0.05, 0.1) is 5.69 Å². The third kappa shape index (κ3) is 2.03. The van der Waals surface area contributed by atoms with Gasteiger partial charge in [-0.25, -0.2) is 0 Å². The highest BCUT2D eigenvalue weighted by Gasteiger charge is 2.27. The predicted octanol–water partition coefficient (Wildman–Crippen LogP) is 1.61. The second kappa shape index (κ2) is 4.77. The lowest BCUT2D eigenvalue weighted by Crippen LogP contribution is -2.37. The molecule has 0 bridgehead atoms. The molecular weight excluding hydrogens is 256 g/mol. The minimum absolute atomic E-state index is 0.0376. The third-order valence-electron chi connectivity index (χ3n) is 3.32. The van der Waals surface area contributed by atoms with Crippen molar-refractivity contribution < 1.29 is 9.59 Å². The van der Waals surface area contributed by atoms with E-state index in [1.54, 1.807) is 35.2 Å². The van der Waals surface area contributed by atoms with Gasteiger partial charge in [0.2, 0.25) is 5.56 Å². The number of amides is 1. The number of hydrogen-bond donors (Lipinski definition) is 1. The first-order valence-electron chi connectivity index (χ1n) is 6.29. The predicted molar refractivity (Wildman–Crippen MR) is 74.1 cm³/mol. The van der Waals surface area contributed by atoms with Gasteiger partial charge in [0.1, 0.15) is 0 Å². The Kier molecular flexibility index (Phi) is 2.95. The van der Waals surface area contributed by atoms with Crippen molar-refractivity contribution in [3.05, 3.63) is 64.1 Å². The average molecular weight is 268 g/mol. The number of nitrogens with one attached hydrogen (secondary N) is 1. The Bertz CT molecular complexity index is 749. The molecule has 2 heterocycles. The number of pyridine rings is 1. The molecule has 1 N–H and O–H groups in total. The molecule has 1 aromatic carbocycles. The molecule has 3 rings (SSSR count). The van der Waals surface area contributed by atoms with E-state index in [1.165, 1.54) is 12.3 Å². The molecule has 1 aliphatic heterocycles. The number of aromatic amines is 1. The average Bonchev–Trinajstić information content (AvgIpc) is 2.47. The van der Waals surface area contributed by atoms with E-state index in [0.29, 0.717) is 29.8 Å². The first-order chi connectivity index (χ1) is 9.66. The number of hydrogen-bond acceptors (Lipinski definition) is 3. The maximum atomic E-state index is 12.5. The van der Waals surface area contributed by atoms with Crippen LogP contribution in [0.3, 0.4) is 0 Å². The number of benzene rings is 1. The zero-order chi connectivity index (χ0) is 14.1. The van der Waals surface area contributed by atoms with E-state index in [4.69, 9.17) is 0 Å². The number of rotatable bonds is 1. The number of carbonyl (C=O) groups excluding carboxylic acids is 2. The maximum Gasteiger partial charge on any atom is 0.258 e. The number of anilines is 1. The van der Waals surface area contributed by atoms with E-state index in [9.17, 15) is 14.4 Å². The summed E-state index contributed by atoms with van der Waals surface area (Å²) < 4.78 is 0. The molecule has 0 atom stereocenters. The number of carbonyl (C=O) groups is 2. The van der Waals surface area contributed by atoms with Crippen molar-refractivity contribution in [1.82, 2.24) is 4.98 Å². The smallest absolute Gasteiger partial charge is 0.258 e. The molecule has 5 nitrogen and oxygen atoms in total. The lowest BCUT2D eigenvalue weighted by atomic mass is 10.00. The molecule has 20 heavy (non-hydrogen) atoms. The van der Waals surface area contributed by atoms with Crippen LogP contribution in [0.25, 0.3) is 0 Å². The molecule has 5 heteroatoms. The SMILES string of the molecule is O=C1CCN(C(=O)c2cc[nH]c(=O)c2)c2ccccc21. The number of para-hydroxylation sites is 1. The van der Waals surface area contributed by atoms with Crippen LogP contribution in [0.5, 0.6) is 0 Å². The highest BCUT2D eigenvalue weighted by atomic mass is 16.2. The van der Waals surface area contributed by atoms with E-state index >= 15 is 0 Å². The lowest BCUT2D eigenvalue weighted by molar-refractivity contribution is 0.0955. The topological polar surface area (TPSA) is 70.2 Å². The van der Waals surface area contributed by atoms with E-state index in [-0.39, 0.29) is 17.2 Å². The van der Waals surface area contributed by atoms with Crippen LogP contribution >= 0.6 is 0 Å². The summed E-state index contributed by atoms with van der Waals surface area (Å²) in [4.78, 5) is 39.7. The van der Waals surface area contributed by atoms with Crippen molar-refractivity contribution in [2.75, 3.05) is 11.4 Å². The van der Waals surface area contributed by atoms with Crippen molar-refractivity contribution in [2.24, 2.45) is 0 Å². The van der Waals surface area contributed by atoms with Gasteiger partial charge in [0.25, 0.3) is 5.91 Å². The van der Waals surface area contributed by atoms with E-state index in [2.05, 4.69) is 4.98 Å². The van der Waals surface area contributed by atoms with E-state index in [0.717, 1.165) is 0 Å². The molecule has 1 aromatic heterocycles. The van der Waals surface area contributed by atoms with Crippen LogP contribution in [0.15, 0.2) is 47.4 Å². The van der Waals surface area contributed by atoms with Gasteiger partial charge < -0.3 is 9.88 Å². The van der Waals surface area contributed by atoms with Crippen LogP contribution in [-0.2, 0) is 0 Å². The highest BCUT2D eigenvalue weighted by molar-refractivity contribution is 6.13. The first kappa shape index (κ1) is 12.3. The van der Waals surface area contributed by atoms with Crippen LogP contribution in [0.1, 0.15) is 27.1 Å². The van der Waals surface area contributed by atoms with Crippen molar-refractivity contribution >= 4 is 17.4 Å². The lowest BCUT2D eigenvalue weighted by Gasteiger charge is -2.28. The first-order valence-corrected chi connectivity index (χ1v) is 6.29. The Morgan fingerprint density at radius 1 is 1.15 bits per heavy atom. The normalized spacial score (nSPS) is 14.0. The largest absolute Gasteiger partial charge is 0.329 e. The number of ketones is 1. The molecule has 0 saturated carbocycles. The minimum Gasteiger partial charge on any atom is -0.329 e. The quantitative estimate of drug-likeness (QED) is 0.854. The molecule has 1 amide bonds. The number of aromatic nitrogens is 1. The summed E-state index contributed by atoms with van der Waals surface area (Å²) in [6.07, 6.45) is 1.74. The molecule has 0 saturated heterocycles. The standard InChI is InChI=1S/C15H12N2O3/c18-13-6-8-17(12-4-2-1-3-11(12)13)15(20)10-5-7-16-14(19)9-10/h1-5,7,9H,6,8H2,(H,16,19). The van der Waals surface area contributed by atoms with Gasteiger partial charge in [-0.05, 0) is 18.2 Å². The molecule has 1 aliphatic rings. The van der Waals surface area contributed by atoms with Gasteiger partial charge in [-0.2, -0.15) is 0 Å². The van der Waals surface area contributed by atoms with E-state index in [1.807, 2.05) is 0 Å².